The molecule has 0 fully saturated rings. The van der Waals surface area contributed by atoms with Gasteiger partial charge in [-0.2, -0.15) is 0 Å². The number of nitrogens with zero attached hydrogens (tertiary/aromatic N) is 1. The van der Waals surface area contributed by atoms with Gasteiger partial charge in [0.1, 0.15) is 12.4 Å². The first kappa shape index (κ1) is 15.3. The second-order valence-electron chi connectivity index (χ2n) is 4.30. The zero-order valence-electron chi connectivity index (χ0n) is 11.2. The van der Waals surface area contributed by atoms with Crippen LogP contribution in [-0.4, -0.2) is 11.5 Å². The summed E-state index contributed by atoms with van der Waals surface area (Å²) in [4.78, 5) is 4.38. The molecule has 106 valence electrons. The van der Waals surface area contributed by atoms with Crippen molar-refractivity contribution in [3.05, 3.63) is 57.3 Å². The monoisotopic (exact) mass is 354 g/mol. The van der Waals surface area contributed by atoms with E-state index in [0.717, 1.165) is 28.8 Å². The fourth-order valence-corrected chi connectivity index (χ4v) is 2.17. The van der Waals surface area contributed by atoms with E-state index < -0.39 is 0 Å². The molecule has 0 aliphatic heterocycles. The van der Waals surface area contributed by atoms with Gasteiger partial charge < -0.3 is 10.1 Å². The number of rotatable bonds is 6. The molecule has 0 aliphatic carbocycles. The molecule has 0 spiro atoms. The largest absolute Gasteiger partial charge is 0.486 e. The van der Waals surface area contributed by atoms with Crippen molar-refractivity contribution in [2.24, 2.45) is 0 Å². The zero-order chi connectivity index (χ0) is 14.4. The van der Waals surface area contributed by atoms with Gasteiger partial charge in [-0.1, -0.05) is 40.5 Å². The summed E-state index contributed by atoms with van der Waals surface area (Å²) in [5, 5.41) is 3.86. The minimum Gasteiger partial charge on any atom is -0.486 e. The van der Waals surface area contributed by atoms with Gasteiger partial charge in [-0.25, -0.2) is 0 Å². The van der Waals surface area contributed by atoms with Gasteiger partial charge in [-0.15, -0.1) is 0 Å². The van der Waals surface area contributed by atoms with E-state index in [4.69, 9.17) is 16.3 Å². The van der Waals surface area contributed by atoms with E-state index in [-0.39, 0.29) is 0 Å². The highest BCUT2D eigenvalue weighted by molar-refractivity contribution is 9.10. The summed E-state index contributed by atoms with van der Waals surface area (Å²) in [5.74, 6) is 0.652. The molecule has 0 atom stereocenters. The van der Waals surface area contributed by atoms with Gasteiger partial charge in [0.15, 0.2) is 0 Å². The summed E-state index contributed by atoms with van der Waals surface area (Å²) in [6.07, 6.45) is 1.86. The summed E-state index contributed by atoms with van der Waals surface area (Å²) in [6, 6.07) is 9.55. The van der Waals surface area contributed by atoms with Gasteiger partial charge in [-0.3, -0.25) is 4.98 Å². The molecule has 0 unspecified atom stereocenters. The van der Waals surface area contributed by atoms with Gasteiger partial charge in [0.05, 0.1) is 10.7 Å². The lowest BCUT2D eigenvalue weighted by Crippen LogP contribution is -2.12. The third kappa shape index (κ3) is 4.47. The average molecular weight is 356 g/mol. The summed E-state index contributed by atoms with van der Waals surface area (Å²) in [7, 11) is 0. The van der Waals surface area contributed by atoms with Crippen LogP contribution in [0.25, 0.3) is 0 Å². The molecule has 20 heavy (non-hydrogen) atoms. The predicted octanol–water partition coefficient (Wildman–Crippen LogP) is 4.19. The Morgan fingerprint density at radius 3 is 2.85 bits per heavy atom. The van der Waals surface area contributed by atoms with E-state index in [1.807, 2.05) is 24.4 Å². The number of nitrogens with one attached hydrogen (secondary N) is 1. The van der Waals surface area contributed by atoms with Crippen LogP contribution in [0.5, 0.6) is 5.75 Å². The topological polar surface area (TPSA) is 34.1 Å². The second-order valence-corrected chi connectivity index (χ2v) is 5.62. The normalized spacial score (nSPS) is 10.6. The molecule has 2 aromatic rings. The molecule has 1 heterocycles. The van der Waals surface area contributed by atoms with E-state index in [9.17, 15) is 0 Å². The molecule has 0 saturated heterocycles. The second kappa shape index (κ2) is 7.62. The Kier molecular flexibility index (Phi) is 5.83. The fourth-order valence-electron chi connectivity index (χ4n) is 1.65. The van der Waals surface area contributed by atoms with Crippen LogP contribution in [0.2, 0.25) is 5.02 Å². The van der Waals surface area contributed by atoms with Crippen LogP contribution in [0.1, 0.15) is 18.2 Å². The number of hydrogen-bond donors (Lipinski definition) is 1. The first-order valence-electron chi connectivity index (χ1n) is 6.41. The van der Waals surface area contributed by atoms with Gasteiger partial charge in [-0.05, 0) is 36.4 Å². The first-order chi connectivity index (χ1) is 9.69. The Bertz CT molecular complexity index is 560. The third-order valence-electron chi connectivity index (χ3n) is 2.73. The van der Waals surface area contributed by atoms with Crippen LogP contribution in [0.3, 0.4) is 0 Å². The smallest absolute Gasteiger partial charge is 0.139 e. The highest BCUT2D eigenvalue weighted by atomic mass is 79.9. The molecule has 3 nitrogen and oxygen atoms in total. The quantitative estimate of drug-likeness (QED) is 0.844. The van der Waals surface area contributed by atoms with Crippen molar-refractivity contribution < 1.29 is 4.74 Å². The predicted molar refractivity (Wildman–Crippen MR) is 85.1 cm³/mol. The molecule has 1 aromatic carbocycles. The minimum atomic E-state index is 0.400. The SMILES string of the molecule is CCNCc1ccc(COc2cc(Br)ccc2Cl)nc1. The Hall–Kier alpha value is -1.10. The standard InChI is InChI=1S/C15H16BrClN2O/c1-2-18-8-11-3-5-13(19-9-11)10-20-15-7-12(16)4-6-14(15)17/h3-7,9,18H,2,8,10H2,1H3. The number of hydrogen-bond acceptors (Lipinski definition) is 3. The van der Waals surface area contributed by atoms with Crippen LogP contribution in [0, 0.1) is 0 Å². The maximum atomic E-state index is 6.07. The highest BCUT2D eigenvalue weighted by Crippen LogP contribution is 2.28. The molecule has 0 bridgehead atoms. The van der Waals surface area contributed by atoms with Crippen LogP contribution >= 0.6 is 27.5 Å². The van der Waals surface area contributed by atoms with E-state index in [1.54, 1.807) is 6.07 Å². The Balaban J connectivity index is 1.95. The van der Waals surface area contributed by atoms with E-state index in [0.29, 0.717) is 17.4 Å². The number of benzene rings is 1. The van der Waals surface area contributed by atoms with Crippen molar-refractivity contribution in [2.45, 2.75) is 20.1 Å². The number of aromatic nitrogens is 1. The highest BCUT2D eigenvalue weighted by Gasteiger charge is 2.03. The van der Waals surface area contributed by atoms with Crippen molar-refractivity contribution >= 4 is 27.5 Å². The van der Waals surface area contributed by atoms with Crippen molar-refractivity contribution in [3.63, 3.8) is 0 Å². The van der Waals surface area contributed by atoms with Crippen LogP contribution < -0.4 is 10.1 Å². The van der Waals surface area contributed by atoms with Crippen molar-refractivity contribution in [1.82, 2.24) is 10.3 Å². The Labute approximate surface area is 132 Å². The molecule has 5 heteroatoms. The maximum Gasteiger partial charge on any atom is 0.139 e. The van der Waals surface area contributed by atoms with Crippen molar-refractivity contribution in [3.8, 4) is 5.75 Å². The molecule has 1 N–H and O–H groups in total. The summed E-state index contributed by atoms with van der Waals surface area (Å²) < 4.78 is 6.62. The van der Waals surface area contributed by atoms with Crippen LogP contribution in [-0.2, 0) is 13.2 Å². The number of pyridine rings is 1. The molecule has 0 saturated carbocycles. The van der Waals surface area contributed by atoms with E-state index in [2.05, 4.69) is 39.2 Å². The summed E-state index contributed by atoms with van der Waals surface area (Å²) in [5.41, 5.74) is 2.04. The number of ether oxygens (including phenoxy) is 1. The van der Waals surface area contributed by atoms with Gasteiger partial charge in [0.25, 0.3) is 0 Å². The van der Waals surface area contributed by atoms with Crippen molar-refractivity contribution in [1.29, 1.82) is 0 Å². The molecule has 0 radical (unpaired) electrons. The van der Waals surface area contributed by atoms with Crippen molar-refractivity contribution in [2.75, 3.05) is 6.54 Å². The summed E-state index contributed by atoms with van der Waals surface area (Å²) >= 11 is 9.47. The van der Waals surface area contributed by atoms with E-state index in [1.165, 1.54) is 0 Å². The van der Waals surface area contributed by atoms with Gasteiger partial charge >= 0.3 is 0 Å². The fraction of sp³-hybridized carbons (Fsp3) is 0.267. The lowest BCUT2D eigenvalue weighted by atomic mass is 10.2. The first-order valence-corrected chi connectivity index (χ1v) is 7.58. The van der Waals surface area contributed by atoms with Crippen LogP contribution in [0.15, 0.2) is 41.0 Å². The lowest BCUT2D eigenvalue weighted by Gasteiger charge is -2.08. The molecule has 1 aromatic heterocycles. The minimum absolute atomic E-state index is 0.400. The van der Waals surface area contributed by atoms with E-state index >= 15 is 0 Å². The summed E-state index contributed by atoms with van der Waals surface area (Å²) in [6.45, 7) is 4.27. The van der Waals surface area contributed by atoms with Gasteiger partial charge in [0, 0.05) is 17.2 Å². The van der Waals surface area contributed by atoms with Crippen LogP contribution in [0.4, 0.5) is 0 Å². The van der Waals surface area contributed by atoms with Gasteiger partial charge in [0.2, 0.25) is 0 Å². The molecule has 0 amide bonds. The number of halogens is 2. The Morgan fingerprint density at radius 2 is 2.15 bits per heavy atom. The molecule has 2 rings (SSSR count). The molecular formula is C15H16BrClN2O. The zero-order valence-corrected chi connectivity index (χ0v) is 13.5. The lowest BCUT2D eigenvalue weighted by molar-refractivity contribution is 0.301. The molecule has 0 aliphatic rings. The Morgan fingerprint density at radius 1 is 1.30 bits per heavy atom. The average Bonchev–Trinajstić information content (AvgIpc) is 2.47. The third-order valence-corrected chi connectivity index (χ3v) is 3.54. The molecular weight excluding hydrogens is 340 g/mol. The maximum absolute atomic E-state index is 6.07.